The SMILES string of the molecule is CCCNC(C)(CCN(CC)CC1CC1)C(=O)O. The highest BCUT2D eigenvalue weighted by atomic mass is 16.4. The van der Waals surface area contributed by atoms with Crippen molar-refractivity contribution in [3.63, 3.8) is 0 Å². The summed E-state index contributed by atoms with van der Waals surface area (Å²) in [4.78, 5) is 13.8. The highest BCUT2D eigenvalue weighted by Gasteiger charge is 2.33. The van der Waals surface area contributed by atoms with Gasteiger partial charge in [-0.1, -0.05) is 13.8 Å². The largest absolute Gasteiger partial charge is 0.480 e. The van der Waals surface area contributed by atoms with Gasteiger partial charge in [-0.15, -0.1) is 0 Å². The zero-order chi connectivity index (χ0) is 13.6. The number of nitrogens with zero attached hydrogens (tertiary/aromatic N) is 1. The summed E-state index contributed by atoms with van der Waals surface area (Å²) in [5, 5.41) is 12.5. The van der Waals surface area contributed by atoms with Crippen LogP contribution in [0, 0.1) is 5.92 Å². The molecular weight excluding hydrogens is 228 g/mol. The van der Waals surface area contributed by atoms with Crippen molar-refractivity contribution in [1.82, 2.24) is 10.2 Å². The van der Waals surface area contributed by atoms with Gasteiger partial charge in [0.2, 0.25) is 0 Å². The fourth-order valence-corrected chi connectivity index (χ4v) is 2.10. The molecule has 106 valence electrons. The Balaban J connectivity index is 2.40. The number of carbonyl (C=O) groups is 1. The molecule has 0 spiro atoms. The van der Waals surface area contributed by atoms with Crippen molar-refractivity contribution in [3.8, 4) is 0 Å². The second kappa shape index (κ2) is 7.10. The van der Waals surface area contributed by atoms with Crippen LogP contribution in [0.3, 0.4) is 0 Å². The van der Waals surface area contributed by atoms with Crippen molar-refractivity contribution in [2.45, 2.75) is 52.0 Å². The van der Waals surface area contributed by atoms with Crippen molar-refractivity contribution in [2.24, 2.45) is 5.92 Å². The van der Waals surface area contributed by atoms with Crippen LogP contribution in [-0.4, -0.2) is 47.7 Å². The minimum Gasteiger partial charge on any atom is -0.480 e. The van der Waals surface area contributed by atoms with Crippen molar-refractivity contribution in [1.29, 1.82) is 0 Å². The van der Waals surface area contributed by atoms with Gasteiger partial charge < -0.3 is 15.3 Å². The van der Waals surface area contributed by atoms with Gasteiger partial charge in [0, 0.05) is 13.1 Å². The Labute approximate surface area is 111 Å². The first-order valence-electron chi connectivity index (χ1n) is 7.22. The second-order valence-corrected chi connectivity index (χ2v) is 5.65. The Morgan fingerprint density at radius 2 is 2.11 bits per heavy atom. The Morgan fingerprint density at radius 3 is 2.56 bits per heavy atom. The van der Waals surface area contributed by atoms with E-state index in [0.29, 0.717) is 6.42 Å². The molecule has 0 amide bonds. The Bertz CT molecular complexity index is 267. The van der Waals surface area contributed by atoms with E-state index >= 15 is 0 Å². The lowest BCUT2D eigenvalue weighted by molar-refractivity contribution is -0.144. The molecule has 0 heterocycles. The van der Waals surface area contributed by atoms with E-state index in [1.54, 1.807) is 6.92 Å². The predicted molar refractivity (Wildman–Crippen MR) is 73.8 cm³/mol. The maximum atomic E-state index is 11.4. The molecule has 1 unspecified atom stereocenters. The summed E-state index contributed by atoms with van der Waals surface area (Å²) in [5.74, 6) is 0.128. The number of rotatable bonds is 10. The van der Waals surface area contributed by atoms with Gasteiger partial charge >= 0.3 is 5.97 Å². The normalized spacial score (nSPS) is 18.9. The van der Waals surface area contributed by atoms with E-state index in [1.807, 2.05) is 0 Å². The van der Waals surface area contributed by atoms with Crippen LogP contribution in [0.4, 0.5) is 0 Å². The van der Waals surface area contributed by atoms with Crippen LogP contribution < -0.4 is 5.32 Å². The summed E-state index contributed by atoms with van der Waals surface area (Å²) in [7, 11) is 0. The average Bonchev–Trinajstić information content (AvgIpc) is 3.15. The van der Waals surface area contributed by atoms with Crippen LogP contribution in [0.25, 0.3) is 0 Å². The quantitative estimate of drug-likeness (QED) is 0.627. The highest BCUT2D eigenvalue weighted by Crippen LogP contribution is 2.29. The predicted octanol–water partition coefficient (Wildman–Crippen LogP) is 1.95. The lowest BCUT2D eigenvalue weighted by Gasteiger charge is -2.29. The van der Waals surface area contributed by atoms with Crippen LogP contribution in [0.2, 0.25) is 0 Å². The average molecular weight is 256 g/mol. The lowest BCUT2D eigenvalue weighted by atomic mass is 9.97. The summed E-state index contributed by atoms with van der Waals surface area (Å²) in [6, 6.07) is 0. The number of hydrogen-bond donors (Lipinski definition) is 2. The van der Waals surface area contributed by atoms with E-state index in [-0.39, 0.29) is 0 Å². The van der Waals surface area contributed by atoms with Crippen LogP contribution in [0.1, 0.15) is 46.5 Å². The van der Waals surface area contributed by atoms with Gasteiger partial charge in [-0.25, -0.2) is 0 Å². The molecule has 0 aromatic carbocycles. The molecule has 0 aromatic heterocycles. The van der Waals surface area contributed by atoms with E-state index in [1.165, 1.54) is 12.8 Å². The minimum atomic E-state index is -0.785. The molecule has 0 aromatic rings. The molecule has 1 aliphatic carbocycles. The van der Waals surface area contributed by atoms with Gasteiger partial charge in [0.15, 0.2) is 0 Å². The molecule has 1 fully saturated rings. The number of aliphatic carboxylic acids is 1. The number of nitrogens with one attached hydrogen (secondary N) is 1. The van der Waals surface area contributed by atoms with Crippen LogP contribution in [0.5, 0.6) is 0 Å². The van der Waals surface area contributed by atoms with Crippen LogP contribution >= 0.6 is 0 Å². The molecule has 1 rings (SSSR count). The van der Waals surface area contributed by atoms with Gasteiger partial charge in [0.1, 0.15) is 5.54 Å². The first-order chi connectivity index (χ1) is 8.51. The number of carboxylic acids is 1. The van der Waals surface area contributed by atoms with E-state index in [4.69, 9.17) is 0 Å². The van der Waals surface area contributed by atoms with Gasteiger partial charge in [-0.2, -0.15) is 0 Å². The number of hydrogen-bond acceptors (Lipinski definition) is 3. The fourth-order valence-electron chi connectivity index (χ4n) is 2.10. The Hall–Kier alpha value is -0.610. The molecule has 0 bridgehead atoms. The molecule has 0 aliphatic heterocycles. The lowest BCUT2D eigenvalue weighted by Crippen LogP contribution is -2.51. The molecule has 2 N–H and O–H groups in total. The second-order valence-electron chi connectivity index (χ2n) is 5.65. The van der Waals surface area contributed by atoms with Crippen molar-refractivity contribution in [2.75, 3.05) is 26.2 Å². The Kier molecular flexibility index (Phi) is 6.09. The zero-order valence-corrected chi connectivity index (χ0v) is 12.0. The molecule has 4 heteroatoms. The monoisotopic (exact) mass is 256 g/mol. The maximum absolute atomic E-state index is 11.4. The zero-order valence-electron chi connectivity index (χ0n) is 12.0. The summed E-state index contributed by atoms with van der Waals surface area (Å²) in [5.41, 5.74) is -0.785. The first kappa shape index (κ1) is 15.4. The summed E-state index contributed by atoms with van der Waals surface area (Å²) in [6.45, 7) is 9.79. The standard InChI is InChI=1S/C14H28N2O2/c1-4-9-15-14(3,13(17)18)8-10-16(5-2)11-12-6-7-12/h12,15H,4-11H2,1-3H3,(H,17,18). The Morgan fingerprint density at radius 1 is 1.44 bits per heavy atom. The van der Waals surface area contributed by atoms with E-state index in [9.17, 15) is 9.90 Å². The molecule has 1 saturated carbocycles. The number of carboxylic acid groups (broad SMARTS) is 1. The highest BCUT2D eigenvalue weighted by molar-refractivity contribution is 5.78. The molecule has 0 saturated heterocycles. The molecule has 0 radical (unpaired) electrons. The third kappa shape index (κ3) is 4.94. The molecule has 4 nitrogen and oxygen atoms in total. The third-order valence-corrected chi connectivity index (χ3v) is 3.83. The van der Waals surface area contributed by atoms with Gasteiger partial charge in [0.05, 0.1) is 0 Å². The van der Waals surface area contributed by atoms with Gasteiger partial charge in [-0.3, -0.25) is 4.79 Å². The molecule has 1 atom stereocenters. The topological polar surface area (TPSA) is 52.6 Å². The third-order valence-electron chi connectivity index (χ3n) is 3.83. The van der Waals surface area contributed by atoms with E-state index in [0.717, 1.165) is 38.5 Å². The summed E-state index contributed by atoms with van der Waals surface area (Å²) in [6.07, 6.45) is 4.33. The van der Waals surface area contributed by atoms with E-state index in [2.05, 4.69) is 24.1 Å². The summed E-state index contributed by atoms with van der Waals surface area (Å²) >= 11 is 0. The van der Waals surface area contributed by atoms with Crippen LogP contribution in [-0.2, 0) is 4.79 Å². The molecular formula is C14H28N2O2. The van der Waals surface area contributed by atoms with Crippen LogP contribution in [0.15, 0.2) is 0 Å². The smallest absolute Gasteiger partial charge is 0.323 e. The van der Waals surface area contributed by atoms with Gasteiger partial charge in [0.25, 0.3) is 0 Å². The fraction of sp³-hybridized carbons (Fsp3) is 0.929. The minimum absolute atomic E-state index is 0.670. The van der Waals surface area contributed by atoms with Crippen molar-refractivity contribution >= 4 is 5.97 Å². The molecule has 18 heavy (non-hydrogen) atoms. The van der Waals surface area contributed by atoms with Gasteiger partial charge in [-0.05, 0) is 51.6 Å². The van der Waals surface area contributed by atoms with Crippen molar-refractivity contribution in [3.05, 3.63) is 0 Å². The molecule has 1 aliphatic rings. The maximum Gasteiger partial charge on any atom is 0.323 e. The summed E-state index contributed by atoms with van der Waals surface area (Å²) < 4.78 is 0. The van der Waals surface area contributed by atoms with Crippen molar-refractivity contribution < 1.29 is 9.90 Å². The van der Waals surface area contributed by atoms with E-state index < -0.39 is 11.5 Å². The first-order valence-corrected chi connectivity index (χ1v) is 7.22.